The van der Waals surface area contributed by atoms with Crippen LogP contribution in [0.4, 0.5) is 13.2 Å². The number of likely N-dealkylation sites (tertiary alicyclic amines) is 1. The maximum atomic E-state index is 12.3. The van der Waals surface area contributed by atoms with Crippen molar-refractivity contribution in [3.63, 3.8) is 0 Å². The summed E-state index contributed by atoms with van der Waals surface area (Å²) in [6.07, 6.45) is 1.76. The van der Waals surface area contributed by atoms with Crippen molar-refractivity contribution in [1.82, 2.24) is 4.90 Å². The number of alkyl halides is 3. The maximum Gasteiger partial charge on any atom is 0.446 e. The molecule has 116 valence electrons. The van der Waals surface area contributed by atoms with Crippen LogP contribution >= 0.6 is 11.8 Å². The number of nitrogens with zero attached hydrogens (tertiary/aromatic N) is 1. The molecule has 0 atom stereocenters. The molecule has 3 nitrogen and oxygen atoms in total. The van der Waals surface area contributed by atoms with Crippen LogP contribution in [-0.2, 0) is 0 Å². The number of benzene rings is 1. The normalized spacial score (nSPS) is 17.0. The molecule has 0 aromatic heterocycles. The fraction of sp³-hybridized carbons (Fsp3) is 0.500. The highest BCUT2D eigenvalue weighted by Gasteiger charge is 2.29. The summed E-state index contributed by atoms with van der Waals surface area (Å²) in [5.74, 6) is 0.327. The van der Waals surface area contributed by atoms with Crippen LogP contribution in [0.2, 0.25) is 0 Å². The van der Waals surface area contributed by atoms with Gasteiger partial charge in [-0.15, -0.1) is 0 Å². The van der Waals surface area contributed by atoms with Gasteiger partial charge in [0.1, 0.15) is 0 Å². The average Bonchev–Trinajstić information content (AvgIpc) is 2.46. The van der Waals surface area contributed by atoms with E-state index in [2.05, 4.69) is 0 Å². The van der Waals surface area contributed by atoms with Gasteiger partial charge in [-0.1, -0.05) is 0 Å². The van der Waals surface area contributed by atoms with Crippen LogP contribution < -0.4 is 5.73 Å². The lowest BCUT2D eigenvalue weighted by Gasteiger charge is -2.31. The summed E-state index contributed by atoms with van der Waals surface area (Å²) in [5, 5.41) is 0. The second-order valence-corrected chi connectivity index (χ2v) is 6.18. The van der Waals surface area contributed by atoms with Crippen molar-refractivity contribution >= 4 is 17.7 Å². The topological polar surface area (TPSA) is 46.3 Å². The van der Waals surface area contributed by atoms with E-state index in [1.807, 2.05) is 0 Å². The van der Waals surface area contributed by atoms with E-state index in [1.54, 1.807) is 4.90 Å². The van der Waals surface area contributed by atoms with Crippen molar-refractivity contribution < 1.29 is 18.0 Å². The molecule has 0 spiro atoms. The van der Waals surface area contributed by atoms with Crippen molar-refractivity contribution in [2.24, 2.45) is 11.7 Å². The first-order valence-corrected chi connectivity index (χ1v) is 7.56. The maximum absolute atomic E-state index is 12.3. The van der Waals surface area contributed by atoms with E-state index in [4.69, 9.17) is 5.73 Å². The fourth-order valence-corrected chi connectivity index (χ4v) is 2.89. The summed E-state index contributed by atoms with van der Waals surface area (Å²) in [4.78, 5) is 14.1. The molecule has 0 bridgehead atoms. The Labute approximate surface area is 125 Å². The zero-order valence-corrected chi connectivity index (χ0v) is 12.2. The molecular weight excluding hydrogens is 301 g/mol. The minimum Gasteiger partial charge on any atom is -0.339 e. The molecule has 0 unspecified atom stereocenters. The lowest BCUT2D eigenvalue weighted by atomic mass is 9.96. The van der Waals surface area contributed by atoms with Crippen LogP contribution in [-0.4, -0.2) is 35.9 Å². The van der Waals surface area contributed by atoms with E-state index in [0.29, 0.717) is 31.1 Å². The van der Waals surface area contributed by atoms with Gasteiger partial charge in [-0.05, 0) is 61.3 Å². The molecule has 1 aromatic carbocycles. The third kappa shape index (κ3) is 4.64. The van der Waals surface area contributed by atoms with E-state index in [1.165, 1.54) is 24.3 Å². The molecule has 1 amide bonds. The van der Waals surface area contributed by atoms with E-state index in [-0.39, 0.29) is 22.6 Å². The molecular formula is C14H17F3N2OS. The average molecular weight is 318 g/mol. The third-order valence-corrected chi connectivity index (χ3v) is 4.31. The number of carbonyl (C=O) groups excluding carboxylic acids is 1. The number of piperidine rings is 1. The number of hydrogen-bond acceptors (Lipinski definition) is 3. The van der Waals surface area contributed by atoms with Gasteiger partial charge in [0.2, 0.25) is 0 Å². The number of thioether (sulfide) groups is 1. The first kappa shape index (κ1) is 16.2. The molecule has 21 heavy (non-hydrogen) atoms. The van der Waals surface area contributed by atoms with E-state index in [9.17, 15) is 18.0 Å². The highest BCUT2D eigenvalue weighted by Crippen LogP contribution is 2.36. The third-order valence-electron chi connectivity index (χ3n) is 3.57. The Balaban J connectivity index is 1.97. The Morgan fingerprint density at radius 1 is 1.24 bits per heavy atom. The number of hydrogen-bond donors (Lipinski definition) is 1. The number of rotatable bonds is 3. The minimum atomic E-state index is -4.31. The zero-order chi connectivity index (χ0) is 15.5. The van der Waals surface area contributed by atoms with Crippen LogP contribution in [0.5, 0.6) is 0 Å². The molecule has 1 aliphatic heterocycles. The van der Waals surface area contributed by atoms with Crippen LogP contribution in [0.15, 0.2) is 29.2 Å². The van der Waals surface area contributed by atoms with Gasteiger partial charge < -0.3 is 10.6 Å². The highest BCUT2D eigenvalue weighted by molar-refractivity contribution is 8.00. The predicted molar refractivity (Wildman–Crippen MR) is 76.0 cm³/mol. The monoisotopic (exact) mass is 318 g/mol. The molecule has 1 heterocycles. The van der Waals surface area contributed by atoms with Crippen molar-refractivity contribution in [1.29, 1.82) is 0 Å². The summed E-state index contributed by atoms with van der Waals surface area (Å²) in [5.41, 5.74) is 1.72. The summed E-state index contributed by atoms with van der Waals surface area (Å²) in [6.45, 7) is 1.94. The van der Waals surface area contributed by atoms with Crippen LogP contribution in [0.1, 0.15) is 23.2 Å². The zero-order valence-electron chi connectivity index (χ0n) is 11.4. The quantitative estimate of drug-likeness (QED) is 0.871. The number of nitrogens with two attached hydrogens (primary N) is 1. The molecule has 1 aromatic rings. The first-order valence-electron chi connectivity index (χ1n) is 6.74. The van der Waals surface area contributed by atoms with Crippen LogP contribution in [0.25, 0.3) is 0 Å². The lowest BCUT2D eigenvalue weighted by molar-refractivity contribution is -0.0328. The Kier molecular flexibility index (Phi) is 5.16. The number of halogens is 3. The molecule has 1 aliphatic rings. The van der Waals surface area contributed by atoms with Crippen LogP contribution in [0.3, 0.4) is 0 Å². The molecule has 1 fully saturated rings. The molecule has 7 heteroatoms. The Morgan fingerprint density at radius 3 is 2.29 bits per heavy atom. The summed E-state index contributed by atoms with van der Waals surface area (Å²) < 4.78 is 36.7. The second-order valence-electron chi connectivity index (χ2n) is 5.04. The molecule has 0 radical (unpaired) electrons. The van der Waals surface area contributed by atoms with Gasteiger partial charge >= 0.3 is 5.51 Å². The van der Waals surface area contributed by atoms with Gasteiger partial charge in [-0.2, -0.15) is 13.2 Å². The smallest absolute Gasteiger partial charge is 0.339 e. The fourth-order valence-electron chi connectivity index (χ4n) is 2.35. The Morgan fingerprint density at radius 2 is 1.81 bits per heavy atom. The van der Waals surface area contributed by atoms with Gasteiger partial charge in [0.05, 0.1) is 0 Å². The van der Waals surface area contributed by atoms with Gasteiger partial charge in [0.15, 0.2) is 0 Å². The highest BCUT2D eigenvalue weighted by atomic mass is 32.2. The van der Waals surface area contributed by atoms with Crippen molar-refractivity contribution in [2.75, 3.05) is 19.6 Å². The molecule has 2 N–H and O–H groups in total. The SMILES string of the molecule is NCC1CCN(C(=O)c2ccc(SC(F)(F)F)cc2)CC1. The summed E-state index contributed by atoms with van der Waals surface area (Å²) in [7, 11) is 0. The van der Waals surface area contributed by atoms with E-state index >= 15 is 0 Å². The van der Waals surface area contributed by atoms with Crippen molar-refractivity contribution in [2.45, 2.75) is 23.2 Å². The van der Waals surface area contributed by atoms with E-state index in [0.717, 1.165) is 12.8 Å². The molecule has 1 saturated heterocycles. The minimum absolute atomic E-state index is 0.0842. The Bertz CT molecular complexity index is 482. The number of amides is 1. The largest absolute Gasteiger partial charge is 0.446 e. The first-order chi connectivity index (χ1) is 9.89. The van der Waals surface area contributed by atoms with Gasteiger partial charge in [0, 0.05) is 23.5 Å². The van der Waals surface area contributed by atoms with Gasteiger partial charge in [-0.3, -0.25) is 4.79 Å². The number of carbonyl (C=O) groups is 1. The second kappa shape index (κ2) is 6.70. The molecule has 0 aliphatic carbocycles. The van der Waals surface area contributed by atoms with Crippen molar-refractivity contribution in [3.8, 4) is 0 Å². The summed E-state index contributed by atoms with van der Waals surface area (Å²) in [6, 6.07) is 5.56. The lowest BCUT2D eigenvalue weighted by Crippen LogP contribution is -2.40. The predicted octanol–water partition coefficient (Wildman–Crippen LogP) is 3.11. The molecule has 2 rings (SSSR count). The molecule has 0 saturated carbocycles. The Hall–Kier alpha value is -1.21. The summed E-state index contributed by atoms with van der Waals surface area (Å²) >= 11 is -0.179. The standard InChI is InChI=1S/C14H17F3N2OS/c15-14(16,17)21-12-3-1-11(2-4-12)13(20)19-7-5-10(9-18)6-8-19/h1-4,10H,5-9,18H2. The van der Waals surface area contributed by atoms with E-state index < -0.39 is 5.51 Å². The van der Waals surface area contributed by atoms with Crippen LogP contribution in [0, 0.1) is 5.92 Å². The van der Waals surface area contributed by atoms with Crippen molar-refractivity contribution in [3.05, 3.63) is 29.8 Å². The van der Waals surface area contributed by atoms with Gasteiger partial charge in [0.25, 0.3) is 5.91 Å². The van der Waals surface area contributed by atoms with Gasteiger partial charge in [-0.25, -0.2) is 0 Å².